The van der Waals surface area contributed by atoms with Crippen molar-refractivity contribution in [2.24, 2.45) is 0 Å². The van der Waals surface area contributed by atoms with Crippen LogP contribution in [-0.2, 0) is 0 Å². The van der Waals surface area contributed by atoms with Gasteiger partial charge in [0.25, 0.3) is 0 Å². The first-order valence-electron chi connectivity index (χ1n) is 6.00. The standard InChI is InChI=1S/C13H17BrClNO/c1-2-7-16-9-13(5-6-13)17-12-8-10(14)3-4-11(12)15/h3-4,8,16H,2,5-7,9H2,1H3. The van der Waals surface area contributed by atoms with Gasteiger partial charge in [-0.05, 0) is 44.0 Å². The van der Waals surface area contributed by atoms with Gasteiger partial charge >= 0.3 is 0 Å². The van der Waals surface area contributed by atoms with Crippen molar-refractivity contribution in [1.82, 2.24) is 5.32 Å². The molecular formula is C13H17BrClNO. The van der Waals surface area contributed by atoms with Crippen LogP contribution in [-0.4, -0.2) is 18.7 Å². The van der Waals surface area contributed by atoms with Crippen molar-refractivity contribution >= 4 is 27.5 Å². The first-order chi connectivity index (χ1) is 8.15. The van der Waals surface area contributed by atoms with Gasteiger partial charge in [0.2, 0.25) is 0 Å². The summed E-state index contributed by atoms with van der Waals surface area (Å²) in [6.07, 6.45) is 3.35. The molecule has 17 heavy (non-hydrogen) atoms. The Morgan fingerprint density at radius 3 is 2.88 bits per heavy atom. The lowest BCUT2D eigenvalue weighted by molar-refractivity contribution is 0.176. The van der Waals surface area contributed by atoms with Gasteiger partial charge in [0, 0.05) is 11.0 Å². The number of benzene rings is 1. The molecule has 1 aliphatic carbocycles. The highest BCUT2D eigenvalue weighted by Crippen LogP contribution is 2.42. The maximum atomic E-state index is 6.13. The summed E-state index contributed by atoms with van der Waals surface area (Å²) in [5, 5.41) is 4.09. The van der Waals surface area contributed by atoms with Gasteiger partial charge in [-0.1, -0.05) is 34.5 Å². The van der Waals surface area contributed by atoms with Crippen LogP contribution in [0.25, 0.3) is 0 Å². The molecule has 1 saturated carbocycles. The zero-order chi connectivity index (χ0) is 12.3. The Kier molecular flexibility index (Phi) is 4.34. The second-order valence-electron chi connectivity index (χ2n) is 4.54. The Morgan fingerprint density at radius 2 is 2.24 bits per heavy atom. The zero-order valence-electron chi connectivity index (χ0n) is 9.93. The fraction of sp³-hybridized carbons (Fsp3) is 0.538. The van der Waals surface area contributed by atoms with Crippen LogP contribution in [0.15, 0.2) is 22.7 Å². The Morgan fingerprint density at radius 1 is 1.47 bits per heavy atom. The van der Waals surface area contributed by atoms with E-state index < -0.39 is 0 Å². The van der Waals surface area contributed by atoms with Crippen molar-refractivity contribution in [1.29, 1.82) is 0 Å². The van der Waals surface area contributed by atoms with Gasteiger partial charge in [0.1, 0.15) is 11.4 Å². The molecule has 0 unspecified atom stereocenters. The fourth-order valence-electron chi connectivity index (χ4n) is 1.74. The van der Waals surface area contributed by atoms with Crippen LogP contribution in [0.2, 0.25) is 5.02 Å². The van der Waals surface area contributed by atoms with Crippen LogP contribution in [0.1, 0.15) is 26.2 Å². The minimum absolute atomic E-state index is 0.0282. The van der Waals surface area contributed by atoms with E-state index in [-0.39, 0.29) is 5.60 Å². The van der Waals surface area contributed by atoms with Gasteiger partial charge < -0.3 is 10.1 Å². The maximum absolute atomic E-state index is 6.13. The molecule has 2 rings (SSSR count). The van der Waals surface area contributed by atoms with E-state index in [4.69, 9.17) is 16.3 Å². The van der Waals surface area contributed by atoms with Gasteiger partial charge in [-0.15, -0.1) is 0 Å². The van der Waals surface area contributed by atoms with E-state index in [0.29, 0.717) is 5.02 Å². The predicted octanol–water partition coefficient (Wildman–Crippen LogP) is 4.01. The van der Waals surface area contributed by atoms with E-state index >= 15 is 0 Å². The molecule has 1 aromatic rings. The third kappa shape index (κ3) is 3.60. The van der Waals surface area contributed by atoms with Crippen LogP contribution >= 0.6 is 27.5 Å². The third-order valence-electron chi connectivity index (χ3n) is 2.90. The highest BCUT2D eigenvalue weighted by molar-refractivity contribution is 9.10. The van der Waals surface area contributed by atoms with Gasteiger partial charge in [-0.25, -0.2) is 0 Å². The summed E-state index contributed by atoms with van der Waals surface area (Å²) in [5.74, 6) is 0.775. The molecule has 0 heterocycles. The monoisotopic (exact) mass is 317 g/mol. The lowest BCUT2D eigenvalue weighted by atomic mass is 10.3. The molecule has 0 amide bonds. The summed E-state index contributed by atoms with van der Waals surface area (Å²) >= 11 is 9.56. The van der Waals surface area contributed by atoms with Gasteiger partial charge in [-0.3, -0.25) is 0 Å². The molecule has 0 saturated heterocycles. The van der Waals surface area contributed by atoms with Crippen LogP contribution in [0.5, 0.6) is 5.75 Å². The average Bonchev–Trinajstić information content (AvgIpc) is 3.04. The quantitative estimate of drug-likeness (QED) is 0.800. The molecule has 0 spiro atoms. The van der Waals surface area contributed by atoms with E-state index in [1.54, 1.807) is 0 Å². The molecular weight excluding hydrogens is 302 g/mol. The van der Waals surface area contributed by atoms with Crippen LogP contribution in [0, 0.1) is 0 Å². The van der Waals surface area contributed by atoms with Crippen molar-refractivity contribution in [2.45, 2.75) is 31.8 Å². The number of nitrogens with one attached hydrogen (secondary N) is 1. The molecule has 4 heteroatoms. The summed E-state index contributed by atoms with van der Waals surface area (Å²) in [6.45, 7) is 4.11. The number of halogens is 2. The van der Waals surface area contributed by atoms with E-state index in [0.717, 1.165) is 42.6 Å². The van der Waals surface area contributed by atoms with E-state index in [1.165, 1.54) is 0 Å². The number of hydrogen-bond acceptors (Lipinski definition) is 2. The summed E-state index contributed by atoms with van der Waals surface area (Å²) in [6, 6.07) is 5.71. The van der Waals surface area contributed by atoms with Gasteiger partial charge in [0.15, 0.2) is 0 Å². The van der Waals surface area contributed by atoms with Crippen LogP contribution < -0.4 is 10.1 Å². The minimum Gasteiger partial charge on any atom is -0.484 e. The minimum atomic E-state index is -0.0282. The normalized spacial score (nSPS) is 16.9. The van der Waals surface area contributed by atoms with Crippen molar-refractivity contribution < 1.29 is 4.74 Å². The molecule has 0 aromatic heterocycles. The fourth-order valence-corrected chi connectivity index (χ4v) is 2.23. The highest BCUT2D eigenvalue weighted by atomic mass is 79.9. The molecule has 0 radical (unpaired) electrons. The third-order valence-corrected chi connectivity index (χ3v) is 3.71. The SMILES string of the molecule is CCCNCC1(Oc2cc(Br)ccc2Cl)CC1. The number of ether oxygens (including phenoxy) is 1. The predicted molar refractivity (Wildman–Crippen MR) is 74.9 cm³/mol. The largest absolute Gasteiger partial charge is 0.484 e. The first kappa shape index (κ1) is 13.2. The lowest BCUT2D eigenvalue weighted by Gasteiger charge is -2.19. The molecule has 1 aromatic carbocycles. The summed E-state index contributed by atoms with van der Waals surface area (Å²) in [5.41, 5.74) is -0.0282. The zero-order valence-corrected chi connectivity index (χ0v) is 12.3. The summed E-state index contributed by atoms with van der Waals surface area (Å²) in [7, 11) is 0. The topological polar surface area (TPSA) is 21.3 Å². The van der Waals surface area contributed by atoms with E-state index in [9.17, 15) is 0 Å². The molecule has 94 valence electrons. The Bertz CT molecular complexity index is 393. The Balaban J connectivity index is 1.97. The molecule has 0 atom stereocenters. The maximum Gasteiger partial charge on any atom is 0.139 e. The van der Waals surface area contributed by atoms with Crippen molar-refractivity contribution in [3.8, 4) is 5.75 Å². The Labute approximate surface area is 116 Å². The van der Waals surface area contributed by atoms with Crippen molar-refractivity contribution in [3.63, 3.8) is 0 Å². The number of rotatable bonds is 6. The second-order valence-corrected chi connectivity index (χ2v) is 5.86. The molecule has 1 N–H and O–H groups in total. The van der Waals surface area contributed by atoms with Crippen molar-refractivity contribution in [2.75, 3.05) is 13.1 Å². The van der Waals surface area contributed by atoms with E-state index in [2.05, 4.69) is 28.2 Å². The molecule has 1 fully saturated rings. The van der Waals surface area contributed by atoms with E-state index in [1.807, 2.05) is 18.2 Å². The molecule has 1 aliphatic rings. The first-order valence-corrected chi connectivity index (χ1v) is 7.17. The average molecular weight is 319 g/mol. The highest BCUT2D eigenvalue weighted by Gasteiger charge is 2.45. The van der Waals surface area contributed by atoms with Crippen molar-refractivity contribution in [3.05, 3.63) is 27.7 Å². The Hall–Kier alpha value is -0.250. The van der Waals surface area contributed by atoms with Gasteiger partial charge in [-0.2, -0.15) is 0 Å². The molecule has 0 bridgehead atoms. The molecule has 0 aliphatic heterocycles. The summed E-state index contributed by atoms with van der Waals surface area (Å²) < 4.78 is 7.04. The molecule has 2 nitrogen and oxygen atoms in total. The van der Waals surface area contributed by atoms with Gasteiger partial charge in [0.05, 0.1) is 5.02 Å². The summed E-state index contributed by atoms with van der Waals surface area (Å²) in [4.78, 5) is 0. The lowest BCUT2D eigenvalue weighted by Crippen LogP contribution is -2.33. The van der Waals surface area contributed by atoms with Crippen LogP contribution in [0.4, 0.5) is 0 Å². The second kappa shape index (κ2) is 5.59. The van der Waals surface area contributed by atoms with Crippen LogP contribution in [0.3, 0.4) is 0 Å². The number of hydrogen-bond donors (Lipinski definition) is 1. The smallest absolute Gasteiger partial charge is 0.139 e.